The zero-order chi connectivity index (χ0) is 22.5. The number of piperidine rings is 1. The second-order valence-corrected chi connectivity index (χ2v) is 13.7. The number of carbonyl (C=O) groups excluding carboxylic acids is 1. The first-order chi connectivity index (χ1) is 14.1. The second-order valence-electron chi connectivity index (χ2n) is 8.97. The van der Waals surface area contributed by atoms with Gasteiger partial charge in [0.2, 0.25) is 0 Å². The van der Waals surface area contributed by atoms with Crippen molar-refractivity contribution >= 4 is 31.9 Å². The van der Waals surface area contributed by atoms with Crippen LogP contribution in [0.3, 0.4) is 0 Å². The van der Waals surface area contributed by atoms with Gasteiger partial charge in [0.15, 0.2) is 0 Å². The number of hydrogen-bond donors (Lipinski definition) is 4. The van der Waals surface area contributed by atoms with Crippen molar-refractivity contribution < 1.29 is 14.7 Å². The van der Waals surface area contributed by atoms with Crippen LogP contribution >= 0.6 is 0 Å². The average molecular weight is 429 g/mol. The lowest BCUT2D eigenvalue weighted by Crippen LogP contribution is -2.50. The van der Waals surface area contributed by atoms with Crippen LogP contribution in [0, 0.1) is 16.9 Å². The van der Waals surface area contributed by atoms with Gasteiger partial charge in [0, 0.05) is 34.9 Å². The first-order valence-electron chi connectivity index (χ1n) is 10.2. The zero-order valence-corrected chi connectivity index (χ0v) is 19.2. The van der Waals surface area contributed by atoms with E-state index in [1.165, 1.54) is 12.8 Å². The number of nitrogens with one attached hydrogen (secondary N) is 2. The van der Waals surface area contributed by atoms with Crippen LogP contribution < -0.4 is 11.1 Å². The van der Waals surface area contributed by atoms with E-state index in [2.05, 4.69) is 48.4 Å². The van der Waals surface area contributed by atoms with E-state index in [-0.39, 0.29) is 24.1 Å². The average Bonchev–Trinajstić information content (AvgIpc) is 2.87. The maximum absolute atomic E-state index is 12.6. The molecule has 2 unspecified atom stereocenters. The Morgan fingerprint density at radius 1 is 1.30 bits per heavy atom. The normalized spacial score (nSPS) is 22.7. The summed E-state index contributed by atoms with van der Waals surface area (Å²) in [6, 6.07) is 6.60. The Hall–Kier alpha value is -2.63. The van der Waals surface area contributed by atoms with Crippen molar-refractivity contribution in [3.63, 3.8) is 0 Å². The Kier molecular flexibility index (Phi) is 7.81. The van der Waals surface area contributed by atoms with Crippen molar-refractivity contribution in [2.75, 3.05) is 12.8 Å². The van der Waals surface area contributed by atoms with Crippen LogP contribution in [0.15, 0.2) is 18.2 Å². The summed E-state index contributed by atoms with van der Waals surface area (Å²) in [5.74, 6) is 2.83. The summed E-state index contributed by atoms with van der Waals surface area (Å²) in [6.45, 7) is 6.31. The predicted molar refractivity (Wildman–Crippen MR) is 122 cm³/mol. The summed E-state index contributed by atoms with van der Waals surface area (Å²) in [4.78, 5) is 23.4. The molecule has 2 aliphatic rings. The third-order valence-corrected chi connectivity index (χ3v) is 6.44. The number of carboxylic acid groups (broad SMARTS) is 1. The summed E-state index contributed by atoms with van der Waals surface area (Å²) < 4.78 is 0. The lowest BCUT2D eigenvalue weighted by atomic mass is 9.97. The summed E-state index contributed by atoms with van der Waals surface area (Å²) >= 11 is 0. The largest absolute Gasteiger partial charge is 0.483 e. The predicted octanol–water partition coefficient (Wildman–Crippen LogP) is 2.31. The molecule has 1 amide bonds. The van der Waals surface area contributed by atoms with Crippen LogP contribution in [0.4, 0.5) is 5.69 Å². The van der Waals surface area contributed by atoms with Gasteiger partial charge in [-0.15, -0.1) is 5.54 Å². The molecule has 2 fully saturated rings. The molecule has 0 saturated carbocycles. The molecule has 2 aliphatic heterocycles. The molecule has 3 rings (SSSR count). The fourth-order valence-corrected chi connectivity index (χ4v) is 4.56. The van der Waals surface area contributed by atoms with Crippen LogP contribution in [0.5, 0.6) is 0 Å². The Balaban J connectivity index is 0.00000101. The van der Waals surface area contributed by atoms with Gasteiger partial charge < -0.3 is 21.1 Å². The molecule has 2 atom stereocenters. The Morgan fingerprint density at radius 3 is 2.37 bits per heavy atom. The second kappa shape index (κ2) is 9.91. The highest BCUT2D eigenvalue weighted by Gasteiger charge is 2.39. The monoisotopic (exact) mass is 428 g/mol. The molecule has 5 N–H and O–H groups in total. The first kappa shape index (κ1) is 23.6. The van der Waals surface area contributed by atoms with Crippen LogP contribution in [0.2, 0.25) is 19.6 Å². The molecular weight excluding hydrogens is 396 g/mol. The fourth-order valence-electron chi connectivity index (χ4n) is 4.04. The molecule has 1 aromatic carbocycles. The summed E-state index contributed by atoms with van der Waals surface area (Å²) in [5.41, 5.74) is 11.1. The Morgan fingerprint density at radius 2 is 1.87 bits per heavy atom. The van der Waals surface area contributed by atoms with Crippen LogP contribution in [-0.4, -0.2) is 61.3 Å². The molecule has 30 heavy (non-hydrogen) atoms. The number of nitrogens with two attached hydrogens (primary N) is 1. The number of anilines is 1. The highest BCUT2D eigenvalue weighted by Crippen LogP contribution is 2.34. The van der Waals surface area contributed by atoms with Gasteiger partial charge in [-0.3, -0.25) is 15.0 Å². The van der Waals surface area contributed by atoms with E-state index >= 15 is 0 Å². The van der Waals surface area contributed by atoms with Crippen molar-refractivity contribution in [3.05, 3.63) is 29.3 Å². The zero-order valence-electron chi connectivity index (χ0n) is 18.2. The van der Waals surface area contributed by atoms with E-state index in [1.807, 2.05) is 6.07 Å². The van der Waals surface area contributed by atoms with Gasteiger partial charge in [-0.2, -0.15) is 0 Å². The Bertz CT molecular complexity index is 855. The van der Waals surface area contributed by atoms with Crippen LogP contribution in [0.1, 0.15) is 36.8 Å². The van der Waals surface area contributed by atoms with Crippen LogP contribution in [0.25, 0.3) is 0 Å². The van der Waals surface area contributed by atoms with E-state index in [0.29, 0.717) is 23.3 Å². The van der Waals surface area contributed by atoms with Crippen molar-refractivity contribution in [2.24, 2.45) is 0 Å². The maximum atomic E-state index is 12.6. The quantitative estimate of drug-likeness (QED) is 0.194. The molecule has 7 nitrogen and oxygen atoms in total. The molecule has 0 spiro atoms. The highest BCUT2D eigenvalue weighted by molar-refractivity contribution is 6.83. The minimum Gasteiger partial charge on any atom is -0.483 e. The number of hydrogen-bond acceptors (Lipinski definition) is 5. The number of fused-ring (bicyclic) bond motifs is 2. The minimum atomic E-state index is -1.46. The van der Waals surface area contributed by atoms with Crippen molar-refractivity contribution in [1.82, 2.24) is 10.2 Å². The SMILES string of the molecule is CN1C2CCC1CC(NC(=O)C(=N)c1ccc(C#C[Si](C)(C)C)cc1N)C2.O=CO. The maximum Gasteiger partial charge on any atom is 0.290 e. The van der Waals surface area contributed by atoms with Crippen molar-refractivity contribution in [2.45, 2.75) is 63.4 Å². The number of amides is 1. The van der Waals surface area contributed by atoms with E-state index in [9.17, 15) is 4.79 Å². The topological polar surface area (TPSA) is 120 Å². The third-order valence-electron chi connectivity index (χ3n) is 5.56. The summed E-state index contributed by atoms with van der Waals surface area (Å²) in [7, 11) is 0.718. The van der Waals surface area contributed by atoms with E-state index < -0.39 is 8.07 Å². The summed E-state index contributed by atoms with van der Waals surface area (Å²) in [6.07, 6.45) is 4.34. The Labute approximate surface area is 179 Å². The van der Waals surface area contributed by atoms with Gasteiger partial charge in [0.05, 0.1) is 0 Å². The molecule has 8 heteroatoms. The van der Waals surface area contributed by atoms with E-state index in [1.54, 1.807) is 12.1 Å². The molecule has 2 saturated heterocycles. The number of carbonyl (C=O) groups is 2. The van der Waals surface area contributed by atoms with Gasteiger partial charge in [0.25, 0.3) is 12.4 Å². The highest BCUT2D eigenvalue weighted by atomic mass is 28.3. The number of rotatable bonds is 3. The van der Waals surface area contributed by atoms with Gasteiger partial charge in [-0.1, -0.05) is 25.6 Å². The fraction of sp³-hybridized carbons (Fsp3) is 0.500. The van der Waals surface area contributed by atoms with E-state index in [4.69, 9.17) is 21.0 Å². The summed E-state index contributed by atoms with van der Waals surface area (Å²) in [5, 5.41) is 18.2. The van der Waals surface area contributed by atoms with Gasteiger partial charge in [0.1, 0.15) is 13.8 Å². The lowest BCUT2D eigenvalue weighted by molar-refractivity contribution is -0.123. The lowest BCUT2D eigenvalue weighted by Gasteiger charge is -2.36. The third kappa shape index (κ3) is 6.18. The molecule has 0 aliphatic carbocycles. The smallest absolute Gasteiger partial charge is 0.290 e. The number of benzene rings is 1. The molecule has 0 aromatic heterocycles. The van der Waals surface area contributed by atoms with Gasteiger partial charge in [-0.05, 0) is 50.9 Å². The molecule has 2 heterocycles. The van der Waals surface area contributed by atoms with Crippen molar-refractivity contribution in [3.8, 4) is 11.5 Å². The van der Waals surface area contributed by atoms with Gasteiger partial charge >= 0.3 is 0 Å². The minimum absolute atomic E-state index is 0.0662. The van der Waals surface area contributed by atoms with Crippen LogP contribution in [-0.2, 0) is 9.59 Å². The molecule has 1 aromatic rings. The molecule has 2 bridgehead atoms. The molecule has 0 radical (unpaired) electrons. The number of nitrogens with zero attached hydrogens (tertiary/aromatic N) is 1. The molecular formula is C22H32N4O3Si. The standard InChI is InChI=1S/C21H30N4OSi.CH2O2/c1-25-16-6-7-17(25)13-15(12-16)24-21(26)20(23)18-8-5-14(11-19(18)22)9-10-27(2,3)4;2-1-3/h5,8,11,15-17,23H,6-7,12-13,22H2,1-4H3,(H,24,26);1H,(H,2,3). The van der Waals surface area contributed by atoms with Crippen molar-refractivity contribution in [1.29, 1.82) is 5.41 Å². The van der Waals surface area contributed by atoms with Gasteiger partial charge in [-0.25, -0.2) is 0 Å². The number of nitrogen functional groups attached to an aromatic ring is 1. The first-order valence-corrected chi connectivity index (χ1v) is 13.7. The van der Waals surface area contributed by atoms with E-state index in [0.717, 1.165) is 18.4 Å². The molecule has 162 valence electrons.